The van der Waals surface area contributed by atoms with E-state index in [2.05, 4.69) is 0 Å². The van der Waals surface area contributed by atoms with Crippen LogP contribution in [0.2, 0.25) is 0 Å². The van der Waals surface area contributed by atoms with Gasteiger partial charge in [-0.2, -0.15) is 0 Å². The van der Waals surface area contributed by atoms with Gasteiger partial charge in [0.2, 0.25) is 0 Å². The van der Waals surface area contributed by atoms with Crippen LogP contribution in [0.5, 0.6) is 0 Å². The van der Waals surface area contributed by atoms with Crippen LogP contribution in [-0.2, 0) is 4.84 Å². The molecule has 80 valence electrons. The maximum absolute atomic E-state index is 12.0. The summed E-state index contributed by atoms with van der Waals surface area (Å²) < 4.78 is 0. The minimum Gasteiger partial charge on any atom is -0.271 e. The van der Waals surface area contributed by atoms with E-state index in [0.717, 1.165) is 23.1 Å². The number of nitrogens with zero attached hydrogens (tertiary/aromatic N) is 1. The third-order valence-corrected chi connectivity index (χ3v) is 2.60. The maximum atomic E-state index is 12.0. The van der Waals surface area contributed by atoms with Gasteiger partial charge in [-0.15, -0.1) is 0 Å². The Labute approximate surface area is 89.6 Å². The highest BCUT2D eigenvalue weighted by molar-refractivity contribution is 5.95. The van der Waals surface area contributed by atoms with Crippen LogP contribution in [0.4, 0.5) is 0 Å². The Bertz CT molecular complexity index is 381. The summed E-state index contributed by atoms with van der Waals surface area (Å²) in [6.45, 7) is 5.28. The van der Waals surface area contributed by atoms with E-state index in [9.17, 15) is 4.79 Å². The van der Waals surface area contributed by atoms with Gasteiger partial charge in [0.05, 0.1) is 13.2 Å². The fraction of sp³-hybridized carbons (Fsp3) is 0.417. The van der Waals surface area contributed by atoms with Gasteiger partial charge in [-0.25, -0.2) is 5.06 Å². The van der Waals surface area contributed by atoms with Crippen LogP contribution in [0.1, 0.15) is 27.9 Å². The molecule has 1 aromatic carbocycles. The predicted octanol–water partition coefficient (Wildman–Crippen LogP) is 2.08. The van der Waals surface area contributed by atoms with Crippen molar-refractivity contribution in [3.05, 3.63) is 34.9 Å². The lowest BCUT2D eigenvalue weighted by atomic mass is 10.1. The molecule has 0 radical (unpaired) electrons. The van der Waals surface area contributed by atoms with Crippen molar-refractivity contribution >= 4 is 5.91 Å². The van der Waals surface area contributed by atoms with Crippen molar-refractivity contribution < 1.29 is 9.63 Å². The molecule has 1 aliphatic heterocycles. The predicted molar refractivity (Wildman–Crippen MR) is 57.5 cm³/mol. The Hall–Kier alpha value is -1.35. The van der Waals surface area contributed by atoms with Crippen LogP contribution in [0.25, 0.3) is 0 Å². The van der Waals surface area contributed by atoms with Crippen molar-refractivity contribution in [1.82, 2.24) is 5.06 Å². The van der Waals surface area contributed by atoms with E-state index in [0.29, 0.717) is 13.2 Å². The monoisotopic (exact) mass is 205 g/mol. The van der Waals surface area contributed by atoms with Crippen LogP contribution in [0.15, 0.2) is 18.2 Å². The Morgan fingerprint density at radius 3 is 2.87 bits per heavy atom. The van der Waals surface area contributed by atoms with Crippen molar-refractivity contribution in [2.24, 2.45) is 0 Å². The average molecular weight is 205 g/mol. The fourth-order valence-corrected chi connectivity index (χ4v) is 1.71. The SMILES string of the molecule is Cc1ccc(C)c(C(=O)N2CCCO2)c1. The molecule has 0 unspecified atom stereocenters. The molecule has 1 heterocycles. The summed E-state index contributed by atoms with van der Waals surface area (Å²) in [6, 6.07) is 5.90. The van der Waals surface area contributed by atoms with Gasteiger partial charge >= 0.3 is 0 Å². The van der Waals surface area contributed by atoms with E-state index in [1.54, 1.807) is 0 Å². The molecule has 1 saturated heterocycles. The first-order valence-corrected chi connectivity index (χ1v) is 5.20. The number of hydroxylamine groups is 2. The number of benzene rings is 1. The standard InChI is InChI=1S/C12H15NO2/c1-9-4-5-10(2)11(8-9)12(14)13-6-3-7-15-13/h4-5,8H,3,6-7H2,1-2H3. The summed E-state index contributed by atoms with van der Waals surface area (Å²) >= 11 is 0. The van der Waals surface area contributed by atoms with Gasteiger partial charge in [-0.3, -0.25) is 9.63 Å². The molecule has 0 aromatic heterocycles. The summed E-state index contributed by atoms with van der Waals surface area (Å²) in [4.78, 5) is 17.3. The maximum Gasteiger partial charge on any atom is 0.277 e. The highest BCUT2D eigenvalue weighted by Gasteiger charge is 2.21. The number of rotatable bonds is 1. The molecule has 0 aliphatic carbocycles. The average Bonchev–Trinajstić information content (AvgIpc) is 2.74. The lowest BCUT2D eigenvalue weighted by Crippen LogP contribution is -2.27. The second-order valence-corrected chi connectivity index (χ2v) is 3.91. The van der Waals surface area contributed by atoms with E-state index >= 15 is 0 Å². The summed E-state index contributed by atoms with van der Waals surface area (Å²) in [7, 11) is 0. The number of hydrogen-bond acceptors (Lipinski definition) is 2. The molecule has 3 heteroatoms. The number of hydrogen-bond donors (Lipinski definition) is 0. The van der Waals surface area contributed by atoms with E-state index in [4.69, 9.17) is 4.84 Å². The van der Waals surface area contributed by atoms with Gasteiger partial charge in [-0.05, 0) is 31.9 Å². The summed E-state index contributed by atoms with van der Waals surface area (Å²) in [5.74, 6) is -0.0197. The number of aryl methyl sites for hydroxylation is 2. The van der Waals surface area contributed by atoms with Crippen molar-refractivity contribution in [1.29, 1.82) is 0 Å². The quantitative estimate of drug-likeness (QED) is 0.702. The third kappa shape index (κ3) is 2.02. The topological polar surface area (TPSA) is 29.5 Å². The first kappa shape index (κ1) is 10.2. The highest BCUT2D eigenvalue weighted by atomic mass is 16.7. The molecule has 0 N–H and O–H groups in total. The minimum absolute atomic E-state index is 0.0197. The summed E-state index contributed by atoms with van der Waals surface area (Å²) in [5.41, 5.74) is 2.85. The van der Waals surface area contributed by atoms with E-state index in [1.807, 2.05) is 32.0 Å². The van der Waals surface area contributed by atoms with Crippen LogP contribution in [-0.4, -0.2) is 24.1 Å². The second kappa shape index (κ2) is 4.03. The van der Waals surface area contributed by atoms with Gasteiger partial charge in [0.15, 0.2) is 0 Å². The molecule has 3 nitrogen and oxygen atoms in total. The van der Waals surface area contributed by atoms with Gasteiger partial charge in [0.1, 0.15) is 0 Å². The highest BCUT2D eigenvalue weighted by Crippen LogP contribution is 2.16. The molecular weight excluding hydrogens is 190 g/mol. The Kier molecular flexibility index (Phi) is 2.73. The number of carbonyl (C=O) groups excluding carboxylic acids is 1. The van der Waals surface area contributed by atoms with Crippen molar-refractivity contribution in [3.8, 4) is 0 Å². The van der Waals surface area contributed by atoms with Crippen LogP contribution in [0, 0.1) is 13.8 Å². The molecule has 0 spiro atoms. The normalized spacial score (nSPS) is 15.7. The lowest BCUT2D eigenvalue weighted by molar-refractivity contribution is -0.0768. The zero-order valence-electron chi connectivity index (χ0n) is 9.12. The van der Waals surface area contributed by atoms with Gasteiger partial charge < -0.3 is 0 Å². The molecule has 2 rings (SSSR count). The molecule has 0 saturated carbocycles. The van der Waals surface area contributed by atoms with Gasteiger partial charge in [0, 0.05) is 5.56 Å². The summed E-state index contributed by atoms with van der Waals surface area (Å²) in [6.07, 6.45) is 0.927. The minimum atomic E-state index is -0.0197. The molecule has 1 amide bonds. The van der Waals surface area contributed by atoms with E-state index in [-0.39, 0.29) is 5.91 Å². The molecule has 1 aromatic rings. The second-order valence-electron chi connectivity index (χ2n) is 3.91. The van der Waals surface area contributed by atoms with Crippen LogP contribution in [0.3, 0.4) is 0 Å². The van der Waals surface area contributed by atoms with Gasteiger partial charge in [-0.1, -0.05) is 17.7 Å². The molecule has 0 atom stereocenters. The largest absolute Gasteiger partial charge is 0.277 e. The number of carbonyl (C=O) groups is 1. The zero-order chi connectivity index (χ0) is 10.8. The van der Waals surface area contributed by atoms with Crippen LogP contribution < -0.4 is 0 Å². The Morgan fingerprint density at radius 1 is 1.40 bits per heavy atom. The first-order chi connectivity index (χ1) is 7.18. The third-order valence-electron chi connectivity index (χ3n) is 2.60. The zero-order valence-corrected chi connectivity index (χ0v) is 9.12. The number of amides is 1. The van der Waals surface area contributed by atoms with Crippen LogP contribution >= 0.6 is 0 Å². The summed E-state index contributed by atoms with van der Waals surface area (Å²) in [5, 5.41) is 1.46. The molecule has 1 fully saturated rings. The lowest BCUT2D eigenvalue weighted by Gasteiger charge is -2.15. The van der Waals surface area contributed by atoms with Crippen molar-refractivity contribution in [3.63, 3.8) is 0 Å². The van der Waals surface area contributed by atoms with E-state index < -0.39 is 0 Å². The molecule has 15 heavy (non-hydrogen) atoms. The van der Waals surface area contributed by atoms with E-state index in [1.165, 1.54) is 5.06 Å². The van der Waals surface area contributed by atoms with Crippen molar-refractivity contribution in [2.75, 3.05) is 13.2 Å². The molecule has 0 bridgehead atoms. The molecular formula is C12H15NO2. The Balaban J connectivity index is 2.27. The van der Waals surface area contributed by atoms with Gasteiger partial charge in [0.25, 0.3) is 5.91 Å². The fourth-order valence-electron chi connectivity index (χ4n) is 1.71. The van der Waals surface area contributed by atoms with Crippen molar-refractivity contribution in [2.45, 2.75) is 20.3 Å². The smallest absolute Gasteiger partial charge is 0.271 e. The molecule has 1 aliphatic rings. The first-order valence-electron chi connectivity index (χ1n) is 5.20. The Morgan fingerprint density at radius 2 is 2.20 bits per heavy atom.